The van der Waals surface area contributed by atoms with Gasteiger partial charge in [0.15, 0.2) is 11.8 Å². The first kappa shape index (κ1) is 22.7. The number of nitrogens with zero attached hydrogens (tertiary/aromatic N) is 2. The summed E-state index contributed by atoms with van der Waals surface area (Å²) in [5.74, 6) is 0.276. The van der Waals surface area contributed by atoms with E-state index in [0.29, 0.717) is 12.3 Å². The summed E-state index contributed by atoms with van der Waals surface area (Å²) in [7, 11) is 0. The molecule has 0 saturated heterocycles. The van der Waals surface area contributed by atoms with E-state index in [4.69, 9.17) is 10.5 Å². The molecule has 1 aromatic carbocycles. The van der Waals surface area contributed by atoms with Gasteiger partial charge >= 0.3 is 5.69 Å². The van der Waals surface area contributed by atoms with Crippen LogP contribution >= 0.6 is 0 Å². The SMILES string of the molecule is CCCCn1c(N)c(N(C(=O)[C@@H](C)Oc2cccc(C)c2)C2CCCC2)c(=O)[nH]c1=O. The van der Waals surface area contributed by atoms with Crippen molar-refractivity contribution < 1.29 is 9.53 Å². The Bertz CT molecular complexity index is 1040. The summed E-state index contributed by atoms with van der Waals surface area (Å²) < 4.78 is 7.25. The van der Waals surface area contributed by atoms with Crippen LogP contribution in [0, 0.1) is 6.92 Å². The molecule has 8 nitrogen and oxygen atoms in total. The Morgan fingerprint density at radius 2 is 2.03 bits per heavy atom. The van der Waals surface area contributed by atoms with Gasteiger partial charge in [0.05, 0.1) is 0 Å². The number of amides is 1. The van der Waals surface area contributed by atoms with Crippen molar-refractivity contribution in [3.8, 4) is 5.75 Å². The van der Waals surface area contributed by atoms with E-state index in [1.165, 1.54) is 9.47 Å². The van der Waals surface area contributed by atoms with E-state index in [1.807, 2.05) is 32.0 Å². The standard InChI is InChI=1S/C23H32N4O4/c1-4-5-13-26-20(24)19(21(28)25-23(26)30)27(17-10-6-7-11-17)22(29)16(3)31-18-12-8-9-15(2)14-18/h8-9,12,14,16-17H,4-7,10-11,13,24H2,1-3H3,(H,25,28,30)/t16-/m1/s1. The number of aromatic nitrogens is 2. The summed E-state index contributed by atoms with van der Waals surface area (Å²) in [6.45, 7) is 6.01. The lowest BCUT2D eigenvalue weighted by atomic mass is 10.1. The lowest BCUT2D eigenvalue weighted by Crippen LogP contribution is -2.50. The van der Waals surface area contributed by atoms with Crippen molar-refractivity contribution in [2.75, 3.05) is 10.6 Å². The fraction of sp³-hybridized carbons (Fsp3) is 0.522. The molecule has 1 amide bonds. The maximum atomic E-state index is 13.5. The Balaban J connectivity index is 2.00. The molecule has 1 fully saturated rings. The number of unbranched alkanes of at least 4 members (excludes halogenated alkanes) is 1. The zero-order chi connectivity index (χ0) is 22.5. The number of ether oxygens (including phenoxy) is 1. The molecule has 168 valence electrons. The molecule has 1 aliphatic rings. The van der Waals surface area contributed by atoms with Gasteiger partial charge in [-0.05, 0) is 50.8 Å². The van der Waals surface area contributed by atoms with E-state index < -0.39 is 17.4 Å². The van der Waals surface area contributed by atoms with Gasteiger partial charge in [-0.15, -0.1) is 0 Å². The predicted molar refractivity (Wildman–Crippen MR) is 122 cm³/mol. The first-order valence-electron chi connectivity index (χ1n) is 11.0. The van der Waals surface area contributed by atoms with E-state index >= 15 is 0 Å². The largest absolute Gasteiger partial charge is 0.481 e. The summed E-state index contributed by atoms with van der Waals surface area (Å²) in [6.07, 6.45) is 4.26. The van der Waals surface area contributed by atoms with Gasteiger partial charge < -0.3 is 10.5 Å². The van der Waals surface area contributed by atoms with Crippen LogP contribution in [0.3, 0.4) is 0 Å². The molecular formula is C23H32N4O4. The van der Waals surface area contributed by atoms with Gasteiger partial charge in [0.2, 0.25) is 0 Å². The Morgan fingerprint density at radius 1 is 1.32 bits per heavy atom. The third kappa shape index (κ3) is 5.00. The summed E-state index contributed by atoms with van der Waals surface area (Å²) >= 11 is 0. The number of aryl methyl sites for hydroxylation is 1. The number of carbonyl (C=O) groups is 1. The van der Waals surface area contributed by atoms with Crippen molar-refractivity contribution in [2.45, 2.75) is 78.0 Å². The number of anilines is 2. The second-order valence-corrected chi connectivity index (χ2v) is 8.22. The Kier molecular flexibility index (Phi) is 7.20. The zero-order valence-electron chi connectivity index (χ0n) is 18.5. The Morgan fingerprint density at radius 3 is 2.68 bits per heavy atom. The van der Waals surface area contributed by atoms with E-state index in [-0.39, 0.29) is 23.5 Å². The normalized spacial score (nSPS) is 15.1. The van der Waals surface area contributed by atoms with E-state index in [0.717, 1.165) is 44.1 Å². The molecule has 3 N–H and O–H groups in total. The van der Waals surface area contributed by atoms with Crippen LogP contribution in [-0.2, 0) is 11.3 Å². The molecule has 1 aromatic heterocycles. The number of rotatable bonds is 8. The summed E-state index contributed by atoms with van der Waals surface area (Å²) in [5, 5.41) is 0. The van der Waals surface area contributed by atoms with Crippen LogP contribution in [0.4, 0.5) is 11.5 Å². The minimum absolute atomic E-state index is 0.0326. The predicted octanol–water partition coefficient (Wildman–Crippen LogP) is 2.97. The molecular weight excluding hydrogens is 396 g/mol. The van der Waals surface area contributed by atoms with Gasteiger partial charge in [0, 0.05) is 12.6 Å². The Hall–Kier alpha value is -3.03. The Labute approximate surface area is 182 Å². The molecule has 0 bridgehead atoms. The fourth-order valence-electron chi connectivity index (χ4n) is 4.12. The second kappa shape index (κ2) is 9.85. The molecule has 3 rings (SSSR count). The maximum absolute atomic E-state index is 13.5. The van der Waals surface area contributed by atoms with Gasteiger partial charge in [-0.1, -0.05) is 38.3 Å². The number of H-pyrrole nitrogens is 1. The quantitative estimate of drug-likeness (QED) is 0.672. The highest BCUT2D eigenvalue weighted by molar-refractivity contribution is 5.99. The van der Waals surface area contributed by atoms with Crippen LogP contribution in [0.15, 0.2) is 33.9 Å². The van der Waals surface area contributed by atoms with Gasteiger partial charge in [0.25, 0.3) is 11.5 Å². The highest BCUT2D eigenvalue weighted by Gasteiger charge is 2.35. The molecule has 8 heteroatoms. The van der Waals surface area contributed by atoms with Crippen molar-refractivity contribution in [1.29, 1.82) is 0 Å². The first-order chi connectivity index (χ1) is 14.8. The van der Waals surface area contributed by atoms with Crippen LogP contribution in [0.25, 0.3) is 0 Å². The molecule has 1 aliphatic carbocycles. The van der Waals surface area contributed by atoms with E-state index in [2.05, 4.69) is 4.98 Å². The second-order valence-electron chi connectivity index (χ2n) is 8.22. The lowest BCUT2D eigenvalue weighted by Gasteiger charge is -2.32. The van der Waals surface area contributed by atoms with Gasteiger partial charge in [0.1, 0.15) is 11.6 Å². The van der Waals surface area contributed by atoms with Crippen molar-refractivity contribution in [3.05, 3.63) is 50.7 Å². The van der Waals surface area contributed by atoms with E-state index in [1.54, 1.807) is 13.0 Å². The molecule has 1 atom stereocenters. The molecule has 0 radical (unpaired) electrons. The van der Waals surface area contributed by atoms with Crippen molar-refractivity contribution in [3.63, 3.8) is 0 Å². The van der Waals surface area contributed by atoms with Gasteiger partial charge in [-0.3, -0.25) is 24.0 Å². The van der Waals surface area contributed by atoms with Crippen LogP contribution in [0.5, 0.6) is 5.75 Å². The molecule has 0 spiro atoms. The van der Waals surface area contributed by atoms with Crippen molar-refractivity contribution >= 4 is 17.4 Å². The number of nitrogen functional groups attached to an aromatic ring is 1. The van der Waals surface area contributed by atoms with Gasteiger partial charge in [-0.2, -0.15) is 0 Å². The minimum Gasteiger partial charge on any atom is -0.481 e. The zero-order valence-corrected chi connectivity index (χ0v) is 18.5. The number of nitrogens with one attached hydrogen (secondary N) is 1. The minimum atomic E-state index is -0.822. The van der Waals surface area contributed by atoms with Crippen LogP contribution < -0.4 is 26.6 Å². The molecule has 0 aliphatic heterocycles. The van der Waals surface area contributed by atoms with Crippen LogP contribution in [-0.4, -0.2) is 27.6 Å². The van der Waals surface area contributed by atoms with Gasteiger partial charge in [-0.25, -0.2) is 4.79 Å². The number of carbonyl (C=O) groups excluding carboxylic acids is 1. The number of nitrogens with two attached hydrogens (primary N) is 1. The van der Waals surface area contributed by atoms with Crippen molar-refractivity contribution in [1.82, 2.24) is 9.55 Å². The number of benzene rings is 1. The highest BCUT2D eigenvalue weighted by atomic mass is 16.5. The monoisotopic (exact) mass is 428 g/mol. The molecule has 0 unspecified atom stereocenters. The van der Waals surface area contributed by atoms with Crippen LogP contribution in [0.1, 0.15) is 57.9 Å². The van der Waals surface area contributed by atoms with Crippen molar-refractivity contribution in [2.24, 2.45) is 0 Å². The maximum Gasteiger partial charge on any atom is 0.330 e. The summed E-state index contributed by atoms with van der Waals surface area (Å²) in [6, 6.07) is 7.31. The van der Waals surface area contributed by atoms with Crippen LogP contribution in [0.2, 0.25) is 0 Å². The van der Waals surface area contributed by atoms with E-state index in [9.17, 15) is 14.4 Å². The molecule has 2 aromatic rings. The third-order valence-electron chi connectivity index (χ3n) is 5.77. The average molecular weight is 429 g/mol. The third-order valence-corrected chi connectivity index (χ3v) is 5.77. The summed E-state index contributed by atoms with van der Waals surface area (Å²) in [4.78, 5) is 42.5. The topological polar surface area (TPSA) is 110 Å². The summed E-state index contributed by atoms with van der Waals surface area (Å²) in [5.41, 5.74) is 6.19. The highest BCUT2D eigenvalue weighted by Crippen LogP contribution is 2.30. The first-order valence-corrected chi connectivity index (χ1v) is 11.0. The number of aromatic amines is 1. The smallest absolute Gasteiger partial charge is 0.330 e. The average Bonchev–Trinajstić information content (AvgIpc) is 3.24. The fourth-order valence-corrected chi connectivity index (χ4v) is 4.12. The molecule has 1 saturated carbocycles. The molecule has 1 heterocycles. The number of hydrogen-bond donors (Lipinski definition) is 2. The number of hydrogen-bond acceptors (Lipinski definition) is 5. The molecule has 31 heavy (non-hydrogen) atoms. The lowest BCUT2D eigenvalue weighted by molar-refractivity contribution is -0.125.